The van der Waals surface area contributed by atoms with Crippen LogP contribution in [0.1, 0.15) is 24.1 Å². The molecule has 7 heteroatoms. The van der Waals surface area contributed by atoms with Gasteiger partial charge in [0.2, 0.25) is 0 Å². The lowest BCUT2D eigenvalue weighted by atomic mass is 9.94. The first-order chi connectivity index (χ1) is 13.4. The maximum absolute atomic E-state index is 13.0. The van der Waals surface area contributed by atoms with Crippen molar-refractivity contribution in [2.75, 3.05) is 19.5 Å². The van der Waals surface area contributed by atoms with Crippen molar-refractivity contribution in [2.24, 2.45) is 0 Å². The third-order valence-corrected chi connectivity index (χ3v) is 4.53. The molecule has 0 aliphatic carbocycles. The largest absolute Gasteiger partial charge is 0.493 e. The molecule has 0 fully saturated rings. The number of ether oxygens (including phenoxy) is 2. The highest BCUT2D eigenvalue weighted by molar-refractivity contribution is 6.06. The second-order valence-electron chi connectivity index (χ2n) is 6.51. The minimum atomic E-state index is -0.627. The fraction of sp³-hybridized carbons (Fsp3) is 0.238. The molecule has 2 aromatic rings. The monoisotopic (exact) mass is 381 g/mol. The Bertz CT molecular complexity index is 952. The third kappa shape index (κ3) is 3.93. The Hall–Kier alpha value is -3.48. The van der Waals surface area contributed by atoms with E-state index in [2.05, 4.69) is 16.0 Å². The predicted molar refractivity (Wildman–Crippen MR) is 106 cm³/mol. The summed E-state index contributed by atoms with van der Waals surface area (Å²) in [7, 11) is 3.09. The average molecular weight is 381 g/mol. The summed E-state index contributed by atoms with van der Waals surface area (Å²) in [5, 5.41) is 8.39. The quantitative estimate of drug-likeness (QED) is 0.742. The van der Waals surface area contributed by atoms with Crippen LogP contribution in [0.3, 0.4) is 0 Å². The fourth-order valence-corrected chi connectivity index (χ4v) is 3.20. The first-order valence-electron chi connectivity index (χ1n) is 8.81. The van der Waals surface area contributed by atoms with Crippen molar-refractivity contribution < 1.29 is 19.1 Å². The number of rotatable bonds is 5. The molecular formula is C21H23N3O4. The van der Waals surface area contributed by atoms with Crippen LogP contribution in [-0.4, -0.2) is 26.2 Å². The summed E-state index contributed by atoms with van der Waals surface area (Å²) < 4.78 is 10.6. The van der Waals surface area contributed by atoms with Crippen LogP contribution >= 0.6 is 0 Å². The lowest BCUT2D eigenvalue weighted by Gasteiger charge is -2.29. The van der Waals surface area contributed by atoms with Gasteiger partial charge in [-0.3, -0.25) is 4.79 Å². The zero-order chi connectivity index (χ0) is 20.3. The van der Waals surface area contributed by atoms with Crippen LogP contribution in [0.4, 0.5) is 10.5 Å². The van der Waals surface area contributed by atoms with Gasteiger partial charge in [0.05, 0.1) is 25.8 Å². The van der Waals surface area contributed by atoms with E-state index in [1.165, 1.54) is 7.11 Å². The number of nitrogens with one attached hydrogen (secondary N) is 3. The molecule has 28 heavy (non-hydrogen) atoms. The summed E-state index contributed by atoms with van der Waals surface area (Å²) >= 11 is 0. The van der Waals surface area contributed by atoms with Crippen molar-refractivity contribution in [1.82, 2.24) is 10.6 Å². The number of aryl methyl sites for hydroxylation is 1. The summed E-state index contributed by atoms with van der Waals surface area (Å²) in [6.07, 6.45) is 0. The summed E-state index contributed by atoms with van der Waals surface area (Å²) in [4.78, 5) is 25.1. The van der Waals surface area contributed by atoms with Gasteiger partial charge < -0.3 is 25.4 Å². The Kier molecular flexibility index (Phi) is 5.54. The molecule has 1 aliphatic rings. The molecule has 3 N–H and O–H groups in total. The van der Waals surface area contributed by atoms with Crippen molar-refractivity contribution in [3.8, 4) is 11.5 Å². The Morgan fingerprint density at radius 2 is 1.79 bits per heavy atom. The number of hydrogen-bond donors (Lipinski definition) is 3. The zero-order valence-electron chi connectivity index (χ0n) is 16.3. The zero-order valence-corrected chi connectivity index (χ0v) is 16.3. The molecule has 3 rings (SSSR count). The summed E-state index contributed by atoms with van der Waals surface area (Å²) in [5.74, 6) is 0.789. The molecule has 7 nitrogen and oxygen atoms in total. The van der Waals surface area contributed by atoms with E-state index in [-0.39, 0.29) is 11.9 Å². The van der Waals surface area contributed by atoms with Crippen LogP contribution in [0.15, 0.2) is 53.7 Å². The SMILES string of the molecule is COc1ccc([C@@H]2NC(=O)NC(C)=C2C(=O)Nc2cccc(C)c2)cc1OC. The molecule has 146 valence electrons. The maximum atomic E-state index is 13.0. The Labute approximate surface area is 163 Å². The Balaban J connectivity index is 1.98. The molecule has 0 bridgehead atoms. The molecule has 0 saturated heterocycles. The number of methoxy groups -OCH3 is 2. The molecular weight excluding hydrogens is 358 g/mol. The van der Waals surface area contributed by atoms with Gasteiger partial charge in [-0.05, 0) is 49.2 Å². The van der Waals surface area contributed by atoms with E-state index < -0.39 is 6.04 Å². The Morgan fingerprint density at radius 1 is 1.04 bits per heavy atom. The first kappa shape index (κ1) is 19.3. The van der Waals surface area contributed by atoms with Gasteiger partial charge in [-0.1, -0.05) is 18.2 Å². The number of carbonyl (C=O) groups is 2. The molecule has 0 radical (unpaired) electrons. The van der Waals surface area contributed by atoms with Crippen LogP contribution in [0.5, 0.6) is 11.5 Å². The van der Waals surface area contributed by atoms with Crippen molar-refractivity contribution in [2.45, 2.75) is 19.9 Å². The predicted octanol–water partition coefficient (Wildman–Crippen LogP) is 3.28. The molecule has 0 unspecified atom stereocenters. The van der Waals surface area contributed by atoms with Gasteiger partial charge in [0.25, 0.3) is 5.91 Å². The van der Waals surface area contributed by atoms with Crippen LogP contribution in [0.2, 0.25) is 0 Å². The smallest absolute Gasteiger partial charge is 0.319 e. The van der Waals surface area contributed by atoms with Crippen LogP contribution in [-0.2, 0) is 4.79 Å². The molecule has 1 aliphatic heterocycles. The van der Waals surface area contributed by atoms with Gasteiger partial charge >= 0.3 is 6.03 Å². The second-order valence-corrected chi connectivity index (χ2v) is 6.51. The first-order valence-corrected chi connectivity index (χ1v) is 8.81. The number of anilines is 1. The minimum Gasteiger partial charge on any atom is -0.493 e. The number of allylic oxidation sites excluding steroid dienone is 1. The lowest BCUT2D eigenvalue weighted by molar-refractivity contribution is -0.113. The van der Waals surface area contributed by atoms with Gasteiger partial charge in [-0.2, -0.15) is 0 Å². The van der Waals surface area contributed by atoms with E-state index in [9.17, 15) is 9.59 Å². The summed E-state index contributed by atoms with van der Waals surface area (Å²) in [5.41, 5.74) is 3.35. The summed E-state index contributed by atoms with van der Waals surface area (Å²) in [6, 6.07) is 11.8. The summed E-state index contributed by atoms with van der Waals surface area (Å²) in [6.45, 7) is 3.66. The van der Waals surface area contributed by atoms with Gasteiger partial charge in [0.1, 0.15) is 0 Å². The third-order valence-electron chi connectivity index (χ3n) is 4.53. The van der Waals surface area contributed by atoms with Gasteiger partial charge in [-0.25, -0.2) is 4.79 Å². The maximum Gasteiger partial charge on any atom is 0.319 e. The normalized spacial score (nSPS) is 16.1. The topological polar surface area (TPSA) is 88.7 Å². The van der Waals surface area contributed by atoms with Crippen molar-refractivity contribution >= 4 is 17.6 Å². The van der Waals surface area contributed by atoms with E-state index in [1.54, 1.807) is 32.2 Å². The molecule has 1 heterocycles. The highest BCUT2D eigenvalue weighted by atomic mass is 16.5. The number of amides is 3. The van der Waals surface area contributed by atoms with Crippen LogP contribution < -0.4 is 25.4 Å². The second kappa shape index (κ2) is 8.04. The molecule has 0 aromatic heterocycles. The molecule has 3 amide bonds. The van der Waals surface area contributed by atoms with Gasteiger partial charge in [0.15, 0.2) is 11.5 Å². The van der Waals surface area contributed by atoms with Crippen molar-refractivity contribution in [1.29, 1.82) is 0 Å². The number of benzene rings is 2. The standard InChI is InChI=1S/C21H23N3O4/c1-12-6-5-7-15(10-12)23-20(25)18-13(2)22-21(26)24-19(18)14-8-9-16(27-3)17(11-14)28-4/h5-11,19H,1-4H3,(H,23,25)(H2,22,24,26)/t19-/m0/s1. The van der Waals surface area contributed by atoms with E-state index in [0.717, 1.165) is 5.56 Å². The molecule has 1 atom stereocenters. The number of urea groups is 1. The molecule has 2 aromatic carbocycles. The number of hydrogen-bond acceptors (Lipinski definition) is 4. The minimum absolute atomic E-state index is 0.296. The van der Waals surface area contributed by atoms with E-state index >= 15 is 0 Å². The van der Waals surface area contributed by atoms with Crippen LogP contribution in [0, 0.1) is 6.92 Å². The fourth-order valence-electron chi connectivity index (χ4n) is 3.20. The Morgan fingerprint density at radius 3 is 2.46 bits per heavy atom. The lowest BCUT2D eigenvalue weighted by Crippen LogP contribution is -2.46. The van der Waals surface area contributed by atoms with Gasteiger partial charge in [0, 0.05) is 11.4 Å². The number of carbonyl (C=O) groups excluding carboxylic acids is 2. The molecule has 0 spiro atoms. The van der Waals surface area contributed by atoms with Gasteiger partial charge in [-0.15, -0.1) is 0 Å². The highest BCUT2D eigenvalue weighted by Crippen LogP contribution is 2.34. The average Bonchev–Trinajstić information content (AvgIpc) is 2.66. The van der Waals surface area contributed by atoms with E-state index in [0.29, 0.717) is 34.0 Å². The van der Waals surface area contributed by atoms with Crippen molar-refractivity contribution in [3.63, 3.8) is 0 Å². The molecule has 0 saturated carbocycles. The van der Waals surface area contributed by atoms with E-state index in [1.807, 2.05) is 31.2 Å². The highest BCUT2D eigenvalue weighted by Gasteiger charge is 2.31. The van der Waals surface area contributed by atoms with Crippen molar-refractivity contribution in [3.05, 3.63) is 64.9 Å². The van der Waals surface area contributed by atoms with E-state index in [4.69, 9.17) is 9.47 Å². The van der Waals surface area contributed by atoms with Crippen LogP contribution in [0.25, 0.3) is 0 Å².